The van der Waals surface area contributed by atoms with Crippen LogP contribution < -0.4 is 10.1 Å². The number of aliphatic hydroxyl groups is 1. The summed E-state index contributed by atoms with van der Waals surface area (Å²) >= 11 is 0. The molecule has 0 spiro atoms. The largest absolute Gasteiger partial charge is 0.426 e. The Balaban J connectivity index is 1.55. The summed E-state index contributed by atoms with van der Waals surface area (Å²) in [6.07, 6.45) is 2.54. The first-order valence-corrected chi connectivity index (χ1v) is 16.2. The molecule has 2 unspecified atom stereocenters. The third-order valence-electron chi connectivity index (χ3n) is 8.73. The van der Waals surface area contributed by atoms with E-state index >= 15 is 0 Å². The van der Waals surface area contributed by atoms with Gasteiger partial charge in [-0.25, -0.2) is 0 Å². The number of hydrogen-bond donors (Lipinski definition) is 2. The van der Waals surface area contributed by atoms with Crippen LogP contribution in [-0.4, -0.2) is 52.5 Å². The Morgan fingerprint density at radius 3 is 2.04 bits per heavy atom. The minimum Gasteiger partial charge on any atom is -0.426 e. The van der Waals surface area contributed by atoms with Crippen LogP contribution in [-0.2, 0) is 27.2 Å². The number of amides is 2. The first-order valence-electron chi connectivity index (χ1n) is 16.2. The highest BCUT2D eigenvalue weighted by Crippen LogP contribution is 2.27. The van der Waals surface area contributed by atoms with Crippen molar-refractivity contribution in [1.82, 2.24) is 10.2 Å². The molecule has 1 aliphatic heterocycles. The molecular weight excluding hydrogens is 564 g/mol. The molecule has 4 rings (SSSR count). The van der Waals surface area contributed by atoms with Crippen molar-refractivity contribution in [3.05, 3.63) is 101 Å². The molecule has 0 saturated carbocycles. The number of hydrogen-bond acceptors (Lipinski definition) is 5. The highest BCUT2D eigenvalue weighted by Gasteiger charge is 2.35. The predicted octanol–water partition coefficient (Wildman–Crippen LogP) is 5.97. The number of carbonyl (C=O) groups is 3. The molecule has 45 heavy (non-hydrogen) atoms. The fourth-order valence-electron chi connectivity index (χ4n) is 6.38. The molecule has 1 fully saturated rings. The van der Waals surface area contributed by atoms with Gasteiger partial charge in [0.25, 0.3) is 0 Å². The number of para-hydroxylation sites is 1. The van der Waals surface area contributed by atoms with Crippen LogP contribution in [0.1, 0.15) is 68.2 Å². The van der Waals surface area contributed by atoms with Gasteiger partial charge >= 0.3 is 5.97 Å². The zero-order valence-electron chi connectivity index (χ0n) is 27.1. The van der Waals surface area contributed by atoms with E-state index < -0.39 is 30.1 Å². The zero-order valence-corrected chi connectivity index (χ0v) is 27.1. The van der Waals surface area contributed by atoms with E-state index in [1.54, 1.807) is 4.90 Å². The third kappa shape index (κ3) is 9.76. The van der Waals surface area contributed by atoms with Crippen LogP contribution in [0.2, 0.25) is 0 Å². The highest BCUT2D eigenvalue weighted by atomic mass is 16.5. The second-order valence-corrected chi connectivity index (χ2v) is 12.8. The van der Waals surface area contributed by atoms with Crippen LogP contribution in [0.4, 0.5) is 0 Å². The number of nitrogens with zero attached hydrogens (tertiary/aromatic N) is 1. The molecule has 4 atom stereocenters. The molecule has 3 aromatic rings. The number of nitrogens with one attached hydrogen (secondary N) is 1. The lowest BCUT2D eigenvalue weighted by Gasteiger charge is -2.37. The van der Waals surface area contributed by atoms with Crippen LogP contribution in [0, 0.1) is 25.7 Å². The first kappa shape index (κ1) is 33.9. The molecule has 2 amide bonds. The van der Waals surface area contributed by atoms with Gasteiger partial charge in [-0.05, 0) is 80.0 Å². The van der Waals surface area contributed by atoms with Gasteiger partial charge < -0.3 is 20.1 Å². The van der Waals surface area contributed by atoms with Gasteiger partial charge in [0, 0.05) is 19.0 Å². The van der Waals surface area contributed by atoms with E-state index in [4.69, 9.17) is 4.74 Å². The summed E-state index contributed by atoms with van der Waals surface area (Å²) in [5.41, 5.74) is 3.79. The van der Waals surface area contributed by atoms with E-state index in [-0.39, 0.29) is 30.6 Å². The summed E-state index contributed by atoms with van der Waals surface area (Å²) in [4.78, 5) is 41.7. The van der Waals surface area contributed by atoms with Crippen molar-refractivity contribution in [2.24, 2.45) is 11.8 Å². The number of aliphatic hydroxyl groups excluding tert-OH is 1. The Labute approximate surface area is 268 Å². The molecular formula is C38H48N2O5. The van der Waals surface area contributed by atoms with E-state index in [1.165, 1.54) is 0 Å². The highest BCUT2D eigenvalue weighted by molar-refractivity contribution is 5.88. The average Bonchev–Trinajstić information content (AvgIpc) is 3.00. The maximum Gasteiger partial charge on any atom is 0.311 e. The fourth-order valence-corrected chi connectivity index (χ4v) is 6.38. The number of ether oxygens (including phenoxy) is 1. The average molecular weight is 613 g/mol. The molecule has 0 aliphatic carbocycles. The van der Waals surface area contributed by atoms with Crippen molar-refractivity contribution in [3.63, 3.8) is 0 Å². The van der Waals surface area contributed by atoms with Gasteiger partial charge in [-0.1, -0.05) is 92.7 Å². The summed E-state index contributed by atoms with van der Waals surface area (Å²) in [5, 5.41) is 15.0. The minimum atomic E-state index is -0.904. The molecule has 0 bridgehead atoms. The smallest absolute Gasteiger partial charge is 0.311 e. The Morgan fingerprint density at radius 2 is 1.47 bits per heavy atom. The number of rotatable bonds is 14. The summed E-state index contributed by atoms with van der Waals surface area (Å²) in [7, 11) is 0. The van der Waals surface area contributed by atoms with Gasteiger partial charge in [0.05, 0.1) is 12.5 Å². The van der Waals surface area contributed by atoms with Crippen molar-refractivity contribution in [2.45, 2.75) is 90.8 Å². The molecule has 240 valence electrons. The molecule has 7 heteroatoms. The van der Waals surface area contributed by atoms with Crippen molar-refractivity contribution < 1.29 is 24.2 Å². The van der Waals surface area contributed by atoms with Crippen LogP contribution >= 0.6 is 0 Å². The van der Waals surface area contributed by atoms with E-state index in [9.17, 15) is 19.5 Å². The van der Waals surface area contributed by atoms with Crippen molar-refractivity contribution in [2.75, 3.05) is 6.54 Å². The fraction of sp³-hybridized carbons (Fsp3) is 0.447. The van der Waals surface area contributed by atoms with Gasteiger partial charge in [-0.2, -0.15) is 0 Å². The molecule has 1 heterocycles. The Morgan fingerprint density at radius 1 is 0.867 bits per heavy atom. The lowest BCUT2D eigenvalue weighted by Crippen LogP contribution is -2.56. The lowest BCUT2D eigenvalue weighted by atomic mass is 9.86. The van der Waals surface area contributed by atoms with Crippen LogP contribution in [0.15, 0.2) is 78.9 Å². The maximum absolute atomic E-state index is 13.9. The van der Waals surface area contributed by atoms with E-state index in [0.29, 0.717) is 31.6 Å². The predicted molar refractivity (Wildman–Crippen MR) is 177 cm³/mol. The molecule has 2 N–H and O–H groups in total. The minimum absolute atomic E-state index is 0.0140. The summed E-state index contributed by atoms with van der Waals surface area (Å²) in [6.45, 7) is 8.31. The van der Waals surface area contributed by atoms with Crippen molar-refractivity contribution >= 4 is 17.8 Å². The van der Waals surface area contributed by atoms with Gasteiger partial charge in [0.15, 0.2) is 0 Å². The SMILES string of the molecule is Cc1cccc(C)c1OC(=O)CC(Cc1ccccc1)[C@@H](O)C[C@H](Cc1ccccc1)NC(=O)C(C(C)C)N1CCCCC1=O. The number of carbonyl (C=O) groups excluding carboxylic acids is 3. The normalized spacial score (nSPS) is 16.1. The standard InChI is InChI=1S/C38H48N2O5/c1-26(2)36(40-21-12-11-20-34(40)42)38(44)39-32(23-30-18-9-6-10-19-30)25-33(41)31(22-29-16-7-5-8-17-29)24-35(43)45-37-27(3)14-13-15-28(37)4/h5-10,13-19,26,31-33,36,41H,11-12,20-25H2,1-4H3,(H,39,44)/t31?,32-,33-,36?/m0/s1. The number of esters is 1. The topological polar surface area (TPSA) is 95.9 Å². The van der Waals surface area contributed by atoms with Crippen LogP contribution in [0.25, 0.3) is 0 Å². The first-order chi connectivity index (χ1) is 21.6. The number of piperidine rings is 1. The van der Waals surface area contributed by atoms with Crippen LogP contribution in [0.5, 0.6) is 5.75 Å². The summed E-state index contributed by atoms with van der Waals surface area (Å²) in [5.74, 6) is -0.553. The molecule has 0 aromatic heterocycles. The molecule has 0 radical (unpaired) electrons. The Hall–Kier alpha value is -3.97. The van der Waals surface area contributed by atoms with Gasteiger partial charge in [-0.3, -0.25) is 14.4 Å². The Kier molecular flexibility index (Phi) is 12.3. The second kappa shape index (κ2) is 16.4. The summed E-state index contributed by atoms with van der Waals surface area (Å²) < 4.78 is 5.84. The lowest BCUT2D eigenvalue weighted by molar-refractivity contribution is -0.144. The third-order valence-corrected chi connectivity index (χ3v) is 8.73. The van der Waals surface area contributed by atoms with E-state index in [1.807, 2.05) is 107 Å². The molecule has 1 saturated heterocycles. The monoisotopic (exact) mass is 612 g/mol. The second-order valence-electron chi connectivity index (χ2n) is 12.8. The number of benzene rings is 3. The number of aryl methyl sites for hydroxylation is 2. The van der Waals surface area contributed by atoms with E-state index in [2.05, 4.69) is 5.32 Å². The zero-order chi connectivity index (χ0) is 32.3. The maximum atomic E-state index is 13.9. The molecule has 3 aromatic carbocycles. The summed E-state index contributed by atoms with van der Waals surface area (Å²) in [6, 6.07) is 24.4. The van der Waals surface area contributed by atoms with Gasteiger partial charge in [0.2, 0.25) is 11.8 Å². The molecule has 1 aliphatic rings. The van der Waals surface area contributed by atoms with Gasteiger partial charge in [0.1, 0.15) is 11.8 Å². The Bertz CT molecular complexity index is 1390. The van der Waals surface area contributed by atoms with Crippen molar-refractivity contribution in [1.29, 1.82) is 0 Å². The van der Waals surface area contributed by atoms with Crippen molar-refractivity contribution in [3.8, 4) is 5.75 Å². The quantitative estimate of drug-likeness (QED) is 0.173. The number of likely N-dealkylation sites (tertiary alicyclic amines) is 1. The van der Waals surface area contributed by atoms with Crippen LogP contribution in [0.3, 0.4) is 0 Å². The molecule has 7 nitrogen and oxygen atoms in total. The van der Waals surface area contributed by atoms with E-state index in [0.717, 1.165) is 35.1 Å². The van der Waals surface area contributed by atoms with Gasteiger partial charge in [-0.15, -0.1) is 0 Å².